The molecule has 0 atom stereocenters. The first-order chi connectivity index (χ1) is 12.8. The summed E-state index contributed by atoms with van der Waals surface area (Å²) >= 11 is 8.02. The highest BCUT2D eigenvalue weighted by Crippen LogP contribution is 2.40. The third kappa shape index (κ3) is 3.21. The van der Waals surface area contributed by atoms with Gasteiger partial charge in [0.2, 0.25) is 5.28 Å². The number of aromatic nitrogens is 2. The number of nitrogens with zero attached hydrogens (tertiary/aromatic N) is 3. The molecule has 0 amide bonds. The molecule has 0 unspecified atom stereocenters. The highest BCUT2D eigenvalue weighted by atomic mass is 35.5. The number of thiophene rings is 1. The topological polar surface area (TPSA) is 50.3 Å². The highest BCUT2D eigenvalue weighted by molar-refractivity contribution is 7.19. The number of halogens is 1. The van der Waals surface area contributed by atoms with Crippen LogP contribution >= 0.6 is 22.9 Å². The van der Waals surface area contributed by atoms with E-state index in [4.69, 9.17) is 16.3 Å². The molecule has 1 saturated heterocycles. The van der Waals surface area contributed by atoms with Crippen molar-refractivity contribution < 1.29 is 4.74 Å². The lowest BCUT2D eigenvalue weighted by Gasteiger charge is -2.39. The van der Waals surface area contributed by atoms with Gasteiger partial charge in [-0.15, -0.1) is 11.3 Å². The number of ether oxygens (including phenoxy) is 1. The summed E-state index contributed by atoms with van der Waals surface area (Å²) in [5, 5.41) is 5.33. The largest absolute Gasteiger partial charge is 0.379 e. The molecule has 1 saturated carbocycles. The number of aryl methyl sites for hydroxylation is 2. The molecule has 2 aromatic rings. The van der Waals surface area contributed by atoms with Crippen LogP contribution < -0.4 is 5.32 Å². The second-order valence-corrected chi connectivity index (χ2v) is 9.10. The average molecular weight is 393 g/mol. The van der Waals surface area contributed by atoms with E-state index in [2.05, 4.69) is 20.2 Å². The van der Waals surface area contributed by atoms with Crippen molar-refractivity contribution in [3.8, 4) is 0 Å². The first kappa shape index (κ1) is 17.2. The van der Waals surface area contributed by atoms with Crippen LogP contribution in [0.5, 0.6) is 0 Å². The molecule has 5 nitrogen and oxygen atoms in total. The monoisotopic (exact) mass is 392 g/mol. The third-order valence-electron chi connectivity index (χ3n) is 6.14. The van der Waals surface area contributed by atoms with E-state index < -0.39 is 0 Å². The lowest BCUT2D eigenvalue weighted by molar-refractivity contribution is 0.00791. The van der Waals surface area contributed by atoms with Crippen molar-refractivity contribution in [3.05, 3.63) is 15.7 Å². The van der Waals surface area contributed by atoms with Gasteiger partial charge in [0.1, 0.15) is 10.6 Å². The van der Waals surface area contributed by atoms with Crippen LogP contribution in [-0.2, 0) is 17.6 Å². The Morgan fingerprint density at radius 3 is 2.69 bits per heavy atom. The third-order valence-corrected chi connectivity index (χ3v) is 7.49. The van der Waals surface area contributed by atoms with Crippen LogP contribution in [0.4, 0.5) is 5.82 Å². The number of hydrogen-bond acceptors (Lipinski definition) is 6. The normalized spacial score (nSPS) is 27.0. The summed E-state index contributed by atoms with van der Waals surface area (Å²) in [6, 6.07) is 1.20. The minimum atomic E-state index is 0.363. The number of nitrogens with one attached hydrogen (secondary N) is 1. The summed E-state index contributed by atoms with van der Waals surface area (Å²) in [5.74, 6) is 0.967. The fourth-order valence-corrected chi connectivity index (χ4v) is 6.28. The Kier molecular flexibility index (Phi) is 4.77. The molecule has 140 valence electrons. The van der Waals surface area contributed by atoms with Gasteiger partial charge in [0.15, 0.2) is 0 Å². The molecular weight excluding hydrogens is 368 g/mol. The predicted molar refractivity (Wildman–Crippen MR) is 107 cm³/mol. The maximum atomic E-state index is 6.21. The maximum absolute atomic E-state index is 6.21. The quantitative estimate of drug-likeness (QED) is 0.803. The smallest absolute Gasteiger partial charge is 0.225 e. The Labute approximate surface area is 163 Å². The summed E-state index contributed by atoms with van der Waals surface area (Å²) in [4.78, 5) is 14.2. The van der Waals surface area contributed by atoms with E-state index in [1.807, 2.05) is 0 Å². The van der Waals surface area contributed by atoms with Crippen LogP contribution in [0.2, 0.25) is 5.28 Å². The van der Waals surface area contributed by atoms with Gasteiger partial charge in [0, 0.05) is 30.1 Å². The van der Waals surface area contributed by atoms with Crippen LogP contribution in [0.15, 0.2) is 0 Å². The van der Waals surface area contributed by atoms with Gasteiger partial charge in [-0.25, -0.2) is 9.97 Å². The van der Waals surface area contributed by atoms with Gasteiger partial charge in [0.25, 0.3) is 0 Å². The van der Waals surface area contributed by atoms with Gasteiger partial charge < -0.3 is 10.1 Å². The molecule has 0 spiro atoms. The van der Waals surface area contributed by atoms with Crippen molar-refractivity contribution in [2.24, 2.45) is 0 Å². The van der Waals surface area contributed by atoms with E-state index in [-0.39, 0.29) is 0 Å². The van der Waals surface area contributed by atoms with E-state index in [9.17, 15) is 0 Å². The van der Waals surface area contributed by atoms with E-state index in [1.165, 1.54) is 54.4 Å². The van der Waals surface area contributed by atoms with Gasteiger partial charge in [-0.05, 0) is 62.1 Å². The molecule has 0 radical (unpaired) electrons. The number of rotatable bonds is 3. The lowest BCUT2D eigenvalue weighted by Crippen LogP contribution is -2.46. The van der Waals surface area contributed by atoms with Gasteiger partial charge in [-0.3, -0.25) is 4.90 Å². The van der Waals surface area contributed by atoms with Crippen molar-refractivity contribution in [2.75, 3.05) is 31.6 Å². The molecule has 2 aromatic heterocycles. The Hall–Kier alpha value is -0.950. The summed E-state index contributed by atoms with van der Waals surface area (Å²) < 4.78 is 5.49. The standard InChI is InChI=1S/C19H25ClN4OS/c20-19-22-17(16-14-2-1-3-15(14)26-18(16)23-19)21-12-4-6-13(7-5-12)24-8-10-25-11-9-24/h12-13H,1-11H2,(H,21,22,23)/t12-,13-. The second-order valence-electron chi connectivity index (χ2n) is 7.68. The van der Waals surface area contributed by atoms with E-state index in [0.717, 1.165) is 49.4 Å². The van der Waals surface area contributed by atoms with E-state index in [0.29, 0.717) is 11.3 Å². The summed E-state index contributed by atoms with van der Waals surface area (Å²) in [7, 11) is 0. The Bertz CT molecular complexity index is 796. The zero-order valence-corrected chi connectivity index (χ0v) is 16.5. The fraction of sp³-hybridized carbons (Fsp3) is 0.684. The first-order valence-corrected chi connectivity index (χ1v) is 11.0. The molecule has 1 aliphatic heterocycles. The summed E-state index contributed by atoms with van der Waals surface area (Å²) in [5.41, 5.74) is 1.46. The lowest BCUT2D eigenvalue weighted by atomic mass is 9.90. The number of hydrogen-bond donors (Lipinski definition) is 1. The van der Waals surface area contributed by atoms with Crippen LogP contribution in [0.25, 0.3) is 10.2 Å². The summed E-state index contributed by atoms with van der Waals surface area (Å²) in [6.45, 7) is 3.95. The SMILES string of the molecule is Clc1nc(N[C@H]2CC[C@H](N3CCOCC3)CC2)c2c3c(sc2n1)CCC3. The molecule has 1 N–H and O–H groups in total. The van der Waals surface area contributed by atoms with Crippen molar-refractivity contribution >= 4 is 39.0 Å². The van der Waals surface area contributed by atoms with Crippen LogP contribution in [0, 0.1) is 0 Å². The Balaban J connectivity index is 1.31. The molecule has 7 heteroatoms. The van der Waals surface area contributed by atoms with Gasteiger partial charge >= 0.3 is 0 Å². The van der Waals surface area contributed by atoms with Gasteiger partial charge in [-0.1, -0.05) is 0 Å². The number of morpholine rings is 1. The Morgan fingerprint density at radius 2 is 1.88 bits per heavy atom. The minimum Gasteiger partial charge on any atom is -0.379 e. The second kappa shape index (κ2) is 7.23. The minimum absolute atomic E-state index is 0.363. The average Bonchev–Trinajstić information content (AvgIpc) is 3.23. The molecule has 2 fully saturated rings. The van der Waals surface area contributed by atoms with Crippen LogP contribution in [0.3, 0.4) is 0 Å². The zero-order chi connectivity index (χ0) is 17.5. The number of fused-ring (bicyclic) bond motifs is 3. The highest BCUT2D eigenvalue weighted by Gasteiger charge is 2.28. The van der Waals surface area contributed by atoms with Crippen molar-refractivity contribution in [2.45, 2.75) is 57.0 Å². The molecule has 26 heavy (non-hydrogen) atoms. The predicted octanol–water partition coefficient (Wildman–Crippen LogP) is 3.89. The fourth-order valence-electron chi connectivity index (χ4n) is 4.80. The molecule has 2 aliphatic carbocycles. The Morgan fingerprint density at radius 1 is 1.08 bits per heavy atom. The molecule has 3 heterocycles. The van der Waals surface area contributed by atoms with Crippen molar-refractivity contribution in [1.82, 2.24) is 14.9 Å². The summed E-state index contributed by atoms with van der Waals surface area (Å²) in [6.07, 6.45) is 8.47. The van der Waals surface area contributed by atoms with Crippen molar-refractivity contribution in [3.63, 3.8) is 0 Å². The van der Waals surface area contributed by atoms with Crippen LogP contribution in [0.1, 0.15) is 42.5 Å². The molecular formula is C19H25ClN4OS. The zero-order valence-electron chi connectivity index (χ0n) is 15.0. The first-order valence-electron chi connectivity index (χ1n) is 9.84. The van der Waals surface area contributed by atoms with E-state index >= 15 is 0 Å². The van der Waals surface area contributed by atoms with Crippen LogP contribution in [-0.4, -0.2) is 53.3 Å². The molecule has 0 bridgehead atoms. The molecule has 3 aliphatic rings. The van der Waals surface area contributed by atoms with Gasteiger partial charge in [0.05, 0.1) is 18.6 Å². The van der Waals surface area contributed by atoms with Crippen molar-refractivity contribution in [1.29, 1.82) is 0 Å². The maximum Gasteiger partial charge on any atom is 0.225 e. The number of anilines is 1. The molecule has 5 rings (SSSR count). The van der Waals surface area contributed by atoms with Gasteiger partial charge in [-0.2, -0.15) is 0 Å². The van der Waals surface area contributed by atoms with E-state index in [1.54, 1.807) is 11.3 Å². The molecule has 0 aromatic carbocycles.